The van der Waals surface area contributed by atoms with Crippen molar-refractivity contribution in [1.29, 1.82) is 0 Å². The largest absolute Gasteiger partial charge is 0.504 e. The average molecular weight is 1030 g/mol. The number of fused-ring (bicyclic) bond motifs is 2. The SMILES string of the molecule is COc1c(O)c2c(c(O)c1OC)C(O)(O)C(O)(CC1CCN(Cc3c(O)c(O)c(OCOc4c(O)c5c(c(O)c4OC)C(O)(O)C(O)(CC4CCN(C(O)(O)c6ccccc6)CC4)C5=O)c(O)c3O)CC1)C2=O. The van der Waals surface area contributed by atoms with E-state index in [1.165, 1.54) is 17.0 Å². The lowest BCUT2D eigenvalue weighted by atomic mass is 9.79. The molecule has 396 valence electrons. The van der Waals surface area contributed by atoms with Gasteiger partial charge in [-0.3, -0.25) is 14.5 Å². The number of carbonyl (C=O) groups excluding carboxylic acids is 2. The van der Waals surface area contributed by atoms with Crippen LogP contribution in [0.2, 0.25) is 0 Å². The lowest BCUT2D eigenvalue weighted by molar-refractivity contribution is -0.284. The first-order valence-electron chi connectivity index (χ1n) is 22.8. The summed E-state index contributed by atoms with van der Waals surface area (Å²) in [6.07, 6.45) is -0.598. The van der Waals surface area contributed by atoms with Crippen LogP contribution in [0.25, 0.3) is 0 Å². The van der Waals surface area contributed by atoms with E-state index in [9.17, 15) is 91.3 Å². The second-order valence-electron chi connectivity index (χ2n) is 18.7. The van der Waals surface area contributed by atoms with Crippen molar-refractivity contribution in [3.8, 4) is 74.7 Å². The van der Waals surface area contributed by atoms with E-state index in [0.717, 1.165) is 21.3 Å². The number of methoxy groups -OCH3 is 3. The Morgan fingerprint density at radius 3 is 1.38 bits per heavy atom. The second-order valence-corrected chi connectivity index (χ2v) is 18.7. The van der Waals surface area contributed by atoms with Gasteiger partial charge >= 0.3 is 0 Å². The maximum Gasteiger partial charge on any atom is 0.253 e. The number of benzene rings is 4. The predicted octanol–water partition coefficient (Wildman–Crippen LogP) is 0.102. The highest BCUT2D eigenvalue weighted by Gasteiger charge is 2.67. The number of hydrogen-bond acceptors (Lipinski definition) is 25. The van der Waals surface area contributed by atoms with E-state index in [0.29, 0.717) is 0 Å². The molecular weight excluding hydrogens is 973 g/mol. The van der Waals surface area contributed by atoms with Gasteiger partial charge in [0.1, 0.15) is 0 Å². The van der Waals surface area contributed by atoms with Crippen LogP contribution in [0.3, 0.4) is 0 Å². The number of aliphatic hydroxyl groups is 8. The lowest BCUT2D eigenvalue weighted by Gasteiger charge is -2.42. The number of Topliss-reactive ketones (excluding diaryl/α,β-unsaturated/α-hetero) is 2. The third-order valence-electron chi connectivity index (χ3n) is 14.7. The number of piperidine rings is 2. The van der Waals surface area contributed by atoms with Crippen LogP contribution in [-0.4, -0.2) is 169 Å². The molecule has 4 aromatic carbocycles. The Morgan fingerprint density at radius 1 is 0.534 bits per heavy atom. The molecule has 0 spiro atoms. The first-order chi connectivity index (χ1) is 34.3. The second kappa shape index (κ2) is 18.6. The molecule has 0 bridgehead atoms. The van der Waals surface area contributed by atoms with Crippen molar-refractivity contribution >= 4 is 11.6 Å². The summed E-state index contributed by atoms with van der Waals surface area (Å²) in [4.78, 5) is 30.5. The predicted molar refractivity (Wildman–Crippen MR) is 243 cm³/mol. The molecule has 8 rings (SSSR count). The maximum atomic E-state index is 14.0. The smallest absolute Gasteiger partial charge is 0.253 e. The molecule has 2 atom stereocenters. The molecule has 25 nitrogen and oxygen atoms in total. The van der Waals surface area contributed by atoms with Gasteiger partial charge in [-0.15, -0.1) is 0 Å². The molecular formula is C48H56N2O23. The highest BCUT2D eigenvalue weighted by atomic mass is 16.7. The monoisotopic (exact) mass is 1030 g/mol. The fourth-order valence-corrected chi connectivity index (χ4v) is 10.7. The molecule has 2 saturated heterocycles. The summed E-state index contributed by atoms with van der Waals surface area (Å²) in [6, 6.07) is 7.99. The molecule has 2 aliphatic carbocycles. The highest BCUT2D eigenvalue weighted by molar-refractivity contribution is 6.12. The number of carbonyl (C=O) groups is 2. The highest BCUT2D eigenvalue weighted by Crippen LogP contribution is 2.61. The Hall–Kier alpha value is -6.78. The summed E-state index contributed by atoms with van der Waals surface area (Å²) in [5.41, 5.74) is -9.86. The topological polar surface area (TPSA) is 410 Å². The minimum atomic E-state index is -3.52. The summed E-state index contributed by atoms with van der Waals surface area (Å²) in [7, 11) is 3.16. The third kappa shape index (κ3) is 7.94. The van der Waals surface area contributed by atoms with Gasteiger partial charge in [0.05, 0.1) is 49.1 Å². The molecule has 73 heavy (non-hydrogen) atoms. The van der Waals surface area contributed by atoms with Crippen molar-refractivity contribution in [2.75, 3.05) is 54.3 Å². The van der Waals surface area contributed by atoms with Crippen LogP contribution in [-0.2, 0) is 24.0 Å². The van der Waals surface area contributed by atoms with E-state index in [1.807, 2.05) is 0 Å². The number of ketones is 2. The molecule has 0 saturated carbocycles. The zero-order valence-electron chi connectivity index (χ0n) is 39.4. The molecule has 25 heteroatoms. The molecule has 2 unspecified atom stereocenters. The minimum absolute atomic E-state index is 0.0449. The summed E-state index contributed by atoms with van der Waals surface area (Å²) in [5.74, 6) is -25.1. The van der Waals surface area contributed by atoms with E-state index in [2.05, 4.69) is 0 Å². The molecule has 4 aromatic rings. The minimum Gasteiger partial charge on any atom is -0.504 e. The fraction of sp³-hybridized carbons (Fsp3) is 0.458. The number of likely N-dealkylation sites (tertiary alicyclic amines) is 2. The lowest BCUT2D eigenvalue weighted by Crippen LogP contribution is -2.55. The number of nitrogens with zero attached hydrogens (tertiary/aromatic N) is 2. The van der Waals surface area contributed by atoms with E-state index >= 15 is 0 Å². The van der Waals surface area contributed by atoms with E-state index in [-0.39, 0.29) is 64.0 Å². The summed E-state index contributed by atoms with van der Waals surface area (Å²) in [5, 5.41) is 178. The zero-order chi connectivity index (χ0) is 53.5. The number of phenols is 8. The van der Waals surface area contributed by atoms with Gasteiger partial charge in [0.2, 0.25) is 70.2 Å². The van der Waals surface area contributed by atoms with Crippen LogP contribution < -0.4 is 23.7 Å². The van der Waals surface area contributed by atoms with Gasteiger partial charge < -0.3 is 105 Å². The Bertz CT molecular complexity index is 2810. The Kier molecular flexibility index (Phi) is 13.4. The van der Waals surface area contributed by atoms with Crippen LogP contribution in [0.4, 0.5) is 0 Å². The van der Waals surface area contributed by atoms with Gasteiger partial charge in [-0.25, -0.2) is 4.90 Å². The Balaban J connectivity index is 0.927. The van der Waals surface area contributed by atoms with Crippen molar-refractivity contribution in [2.24, 2.45) is 11.8 Å². The van der Waals surface area contributed by atoms with Crippen LogP contribution in [0, 0.1) is 11.8 Å². The molecule has 2 aliphatic heterocycles. The first-order valence-corrected chi connectivity index (χ1v) is 22.8. The number of phenolic OH excluding ortho intramolecular Hbond substituents is 8. The van der Waals surface area contributed by atoms with Crippen LogP contribution >= 0.6 is 0 Å². The molecule has 4 aliphatic rings. The van der Waals surface area contributed by atoms with Gasteiger partial charge in [-0.05, 0) is 63.5 Å². The Labute approximate surface area is 413 Å². The molecule has 2 fully saturated rings. The van der Waals surface area contributed by atoms with Crippen molar-refractivity contribution in [3.63, 3.8) is 0 Å². The van der Waals surface area contributed by atoms with Crippen molar-refractivity contribution in [3.05, 3.63) is 63.7 Å². The van der Waals surface area contributed by atoms with Crippen molar-refractivity contribution in [1.82, 2.24) is 9.80 Å². The fourth-order valence-electron chi connectivity index (χ4n) is 10.7. The van der Waals surface area contributed by atoms with Gasteiger partial charge in [-0.1, -0.05) is 30.3 Å². The average Bonchev–Trinajstić information content (AvgIpc) is 3.62. The standard InChI is InChI=1S/C48H56N2O23/c1-69-38-31(53)25-27(33(55)39(38)70-2)46(63,64)44(61,42(25)59)17-21-9-13-49(14-10-21)19-24-29(51)35(57)37(36(58)30(24)52)72-20-73-41-32(54)26-28(34(56)40(41)71-3)47(65,66)45(62,43(26)60)18-22-11-15-50(16-12-22)48(67,68)23-7-5-4-6-8-23/h4-8,21-22,51-58,61-68H,9-20H2,1-3H3. The van der Waals surface area contributed by atoms with Crippen LogP contribution in [0.15, 0.2) is 30.3 Å². The molecule has 16 N–H and O–H groups in total. The number of hydrogen-bond donors (Lipinski definition) is 16. The molecule has 0 radical (unpaired) electrons. The Morgan fingerprint density at radius 2 is 0.932 bits per heavy atom. The molecule has 0 aromatic heterocycles. The summed E-state index contributed by atoms with van der Waals surface area (Å²) in [6.45, 7) is -1.13. The van der Waals surface area contributed by atoms with E-state index < -0.39 is 174 Å². The van der Waals surface area contributed by atoms with Crippen LogP contribution in [0.5, 0.6) is 74.7 Å². The molecule has 2 heterocycles. The third-order valence-corrected chi connectivity index (χ3v) is 14.7. The van der Waals surface area contributed by atoms with Gasteiger partial charge in [0.25, 0.3) is 5.91 Å². The van der Waals surface area contributed by atoms with E-state index in [4.69, 9.17) is 23.7 Å². The maximum absolute atomic E-state index is 14.0. The van der Waals surface area contributed by atoms with Gasteiger partial charge in [0, 0.05) is 25.2 Å². The van der Waals surface area contributed by atoms with E-state index in [1.54, 1.807) is 23.1 Å². The van der Waals surface area contributed by atoms with Crippen molar-refractivity contribution in [2.45, 2.75) is 73.8 Å². The summed E-state index contributed by atoms with van der Waals surface area (Å²) < 4.78 is 26.0. The normalized spacial score (nSPS) is 22.3. The quantitative estimate of drug-likeness (QED) is 0.0426. The summed E-state index contributed by atoms with van der Waals surface area (Å²) >= 11 is 0. The molecule has 0 amide bonds. The zero-order valence-corrected chi connectivity index (χ0v) is 39.4. The van der Waals surface area contributed by atoms with Crippen molar-refractivity contribution < 1.29 is 115 Å². The van der Waals surface area contributed by atoms with Crippen LogP contribution in [0.1, 0.15) is 81.5 Å². The van der Waals surface area contributed by atoms with Gasteiger partial charge in [0.15, 0.2) is 45.7 Å². The number of rotatable bonds is 15. The number of ether oxygens (including phenoxy) is 5. The number of aromatic hydroxyl groups is 8. The first kappa shape index (κ1) is 52.5. The van der Waals surface area contributed by atoms with Gasteiger partial charge in [-0.2, -0.15) is 0 Å².